The fourth-order valence-electron chi connectivity index (χ4n) is 4.12. The molecule has 192 valence electrons. The van der Waals surface area contributed by atoms with Gasteiger partial charge in [-0.2, -0.15) is 18.3 Å². The molecule has 0 bridgehead atoms. The molecule has 0 amide bonds. The number of alkyl halides is 3. The monoisotopic (exact) mass is 505 g/mol. The number of pyridine rings is 1. The Morgan fingerprint density at radius 3 is 2.47 bits per heavy atom. The molecule has 4 rings (SSSR count). The zero-order valence-electron chi connectivity index (χ0n) is 19.7. The molecule has 1 aliphatic rings. The summed E-state index contributed by atoms with van der Waals surface area (Å²) in [7, 11) is 0. The number of nitrogens with zero attached hydrogens (tertiary/aromatic N) is 4. The zero-order valence-corrected chi connectivity index (χ0v) is 19.7. The van der Waals surface area contributed by atoms with Crippen LogP contribution in [0.15, 0.2) is 58.6 Å². The number of rotatable bonds is 4. The summed E-state index contributed by atoms with van der Waals surface area (Å²) >= 11 is 0. The second-order valence-corrected chi connectivity index (χ2v) is 8.56. The number of aryl methyl sites for hydroxylation is 1. The Bertz CT molecular complexity index is 1250. The van der Waals surface area contributed by atoms with Gasteiger partial charge >= 0.3 is 6.18 Å². The summed E-state index contributed by atoms with van der Waals surface area (Å²) in [4.78, 5) is 16.7. The molecule has 2 heterocycles. The molecular formula is C25H27F4N5O2. The molecule has 36 heavy (non-hydrogen) atoms. The van der Waals surface area contributed by atoms with Crippen LogP contribution in [0, 0.1) is 12.7 Å². The van der Waals surface area contributed by atoms with Crippen molar-refractivity contribution in [2.45, 2.75) is 57.7 Å². The molecule has 1 saturated carbocycles. The minimum atomic E-state index is -4.61. The van der Waals surface area contributed by atoms with Gasteiger partial charge < -0.3 is 10.9 Å². The molecule has 2 aromatic heterocycles. The van der Waals surface area contributed by atoms with E-state index in [2.05, 4.69) is 15.2 Å². The van der Waals surface area contributed by atoms with Crippen molar-refractivity contribution < 1.29 is 22.8 Å². The number of hydrogen-bond acceptors (Lipinski definition) is 5. The fraction of sp³-hybridized carbons (Fsp3) is 0.360. The number of benzene rings is 1. The second kappa shape index (κ2) is 11.8. The lowest BCUT2D eigenvalue weighted by atomic mass is 9.84. The van der Waals surface area contributed by atoms with E-state index in [0.717, 1.165) is 48.4 Å². The maximum absolute atomic E-state index is 13.3. The Labute approximate surface area is 205 Å². The molecule has 0 saturated heterocycles. The molecule has 0 aliphatic heterocycles. The van der Waals surface area contributed by atoms with Gasteiger partial charge in [0.15, 0.2) is 5.84 Å². The van der Waals surface area contributed by atoms with E-state index in [-0.39, 0.29) is 29.0 Å². The lowest BCUT2D eigenvalue weighted by Crippen LogP contribution is -2.33. The Morgan fingerprint density at radius 1 is 1.17 bits per heavy atom. The van der Waals surface area contributed by atoms with E-state index in [9.17, 15) is 22.4 Å². The van der Waals surface area contributed by atoms with Gasteiger partial charge in [0.25, 0.3) is 5.56 Å². The molecule has 0 unspecified atom stereocenters. The van der Waals surface area contributed by atoms with Crippen molar-refractivity contribution in [1.82, 2.24) is 14.8 Å². The van der Waals surface area contributed by atoms with Crippen molar-refractivity contribution in [3.8, 4) is 0 Å². The third kappa shape index (κ3) is 6.89. The smallest absolute Gasteiger partial charge is 0.409 e. The van der Waals surface area contributed by atoms with E-state index in [4.69, 9.17) is 10.9 Å². The van der Waals surface area contributed by atoms with Gasteiger partial charge in [-0.05, 0) is 61.6 Å². The number of oxime groups is 1. The lowest BCUT2D eigenvalue weighted by molar-refractivity contribution is -0.138. The van der Waals surface area contributed by atoms with Crippen LogP contribution in [0.5, 0.6) is 0 Å². The molecule has 3 aromatic rings. The summed E-state index contributed by atoms with van der Waals surface area (Å²) in [6, 6.07) is 10.1. The molecule has 0 atom stereocenters. The first kappa shape index (κ1) is 26.8. The maximum atomic E-state index is 13.3. The largest absolute Gasteiger partial charge is 0.418 e. The lowest BCUT2D eigenvalue weighted by Gasteiger charge is -2.22. The standard InChI is InChI=1S/C18H20F3N5O2.C7H7F/c19-18(20,21)13-7-4-8-23-15(13)10-26-17(27)12(11-5-2-1-3-6-11)9-14(24-26)16(22)25-28;1-6-3-2-4-7(8)5-6/h4,7-9,11,28H,1-3,5-6,10H2,(H2,22,25);2-5H,1H3. The summed E-state index contributed by atoms with van der Waals surface area (Å²) in [5.74, 6) is -0.514. The van der Waals surface area contributed by atoms with Gasteiger partial charge in [-0.25, -0.2) is 9.07 Å². The predicted octanol–water partition coefficient (Wildman–Crippen LogP) is 4.98. The van der Waals surface area contributed by atoms with E-state index in [1.165, 1.54) is 30.5 Å². The Hall–Kier alpha value is -3.76. The molecule has 7 nitrogen and oxygen atoms in total. The molecule has 1 fully saturated rings. The first-order valence-electron chi connectivity index (χ1n) is 11.4. The van der Waals surface area contributed by atoms with Crippen LogP contribution in [0.1, 0.15) is 66.1 Å². The average molecular weight is 506 g/mol. The van der Waals surface area contributed by atoms with E-state index in [1.807, 2.05) is 13.0 Å². The SMILES string of the molecule is Cc1cccc(F)c1.N/C(=N/O)c1cc(C2CCCCC2)c(=O)n(Cc2ncccc2C(F)(F)F)n1. The number of halogens is 4. The molecule has 3 N–H and O–H groups in total. The second-order valence-electron chi connectivity index (χ2n) is 8.56. The van der Waals surface area contributed by atoms with E-state index >= 15 is 0 Å². The highest BCUT2D eigenvalue weighted by molar-refractivity contribution is 5.95. The fourth-order valence-corrected chi connectivity index (χ4v) is 4.12. The van der Waals surface area contributed by atoms with Crippen molar-refractivity contribution >= 4 is 5.84 Å². The summed E-state index contributed by atoms with van der Waals surface area (Å²) < 4.78 is 52.9. The van der Waals surface area contributed by atoms with Crippen LogP contribution in [-0.4, -0.2) is 25.8 Å². The van der Waals surface area contributed by atoms with Crippen molar-refractivity contribution in [3.05, 3.63) is 92.9 Å². The van der Waals surface area contributed by atoms with Gasteiger partial charge in [0.1, 0.15) is 11.5 Å². The van der Waals surface area contributed by atoms with Gasteiger partial charge in [-0.15, -0.1) is 0 Å². The van der Waals surface area contributed by atoms with Gasteiger partial charge in [-0.3, -0.25) is 9.78 Å². The van der Waals surface area contributed by atoms with Gasteiger partial charge in [-0.1, -0.05) is 36.6 Å². The van der Waals surface area contributed by atoms with E-state index < -0.39 is 23.8 Å². The van der Waals surface area contributed by atoms with E-state index in [1.54, 1.807) is 6.07 Å². The van der Waals surface area contributed by atoms with Crippen LogP contribution in [0.2, 0.25) is 0 Å². The Balaban J connectivity index is 0.000000383. The van der Waals surface area contributed by atoms with E-state index in [0.29, 0.717) is 5.56 Å². The maximum Gasteiger partial charge on any atom is 0.418 e. The quantitative estimate of drug-likeness (QED) is 0.171. The molecule has 0 spiro atoms. The van der Waals surface area contributed by atoms with Crippen LogP contribution < -0.4 is 11.3 Å². The first-order valence-corrected chi connectivity index (χ1v) is 11.4. The summed E-state index contributed by atoms with van der Waals surface area (Å²) in [5.41, 5.74) is 5.30. The molecule has 1 aromatic carbocycles. The van der Waals surface area contributed by atoms with Crippen molar-refractivity contribution in [2.24, 2.45) is 10.9 Å². The van der Waals surface area contributed by atoms with Gasteiger partial charge in [0.2, 0.25) is 0 Å². The van der Waals surface area contributed by atoms with Gasteiger partial charge in [0, 0.05) is 11.8 Å². The Morgan fingerprint density at radius 2 is 1.89 bits per heavy atom. The average Bonchev–Trinajstić information content (AvgIpc) is 2.85. The minimum absolute atomic E-state index is 0.0344. The topological polar surface area (TPSA) is 106 Å². The number of aromatic nitrogens is 3. The third-order valence-electron chi connectivity index (χ3n) is 5.89. The molecule has 0 radical (unpaired) electrons. The summed E-state index contributed by atoms with van der Waals surface area (Å²) in [5, 5.41) is 15.9. The number of amidine groups is 1. The zero-order chi connectivity index (χ0) is 26.3. The number of nitrogens with two attached hydrogens (primary N) is 1. The summed E-state index contributed by atoms with van der Waals surface area (Å²) in [6.45, 7) is 1.39. The van der Waals surface area contributed by atoms with Crippen LogP contribution >= 0.6 is 0 Å². The summed E-state index contributed by atoms with van der Waals surface area (Å²) in [6.07, 6.45) is 1.21. The van der Waals surface area contributed by atoms with Crippen molar-refractivity contribution in [3.63, 3.8) is 0 Å². The van der Waals surface area contributed by atoms with Gasteiger partial charge in [0.05, 0.1) is 17.8 Å². The molecule has 1 aliphatic carbocycles. The number of hydrogen-bond donors (Lipinski definition) is 2. The minimum Gasteiger partial charge on any atom is -0.409 e. The highest BCUT2D eigenvalue weighted by Crippen LogP contribution is 2.32. The third-order valence-corrected chi connectivity index (χ3v) is 5.89. The van der Waals surface area contributed by atoms with Crippen molar-refractivity contribution in [2.75, 3.05) is 0 Å². The highest BCUT2D eigenvalue weighted by Gasteiger charge is 2.34. The molecule has 11 heteroatoms. The predicted molar refractivity (Wildman–Crippen MR) is 126 cm³/mol. The van der Waals surface area contributed by atoms with Crippen LogP contribution in [-0.2, 0) is 12.7 Å². The highest BCUT2D eigenvalue weighted by atomic mass is 19.4. The van der Waals surface area contributed by atoms with Crippen molar-refractivity contribution in [1.29, 1.82) is 0 Å². The van der Waals surface area contributed by atoms with Crippen LogP contribution in [0.25, 0.3) is 0 Å². The van der Waals surface area contributed by atoms with Crippen LogP contribution in [0.4, 0.5) is 17.6 Å². The first-order chi connectivity index (χ1) is 17.1. The van der Waals surface area contributed by atoms with Crippen LogP contribution in [0.3, 0.4) is 0 Å². The molecular weight excluding hydrogens is 478 g/mol. The normalized spacial score (nSPS) is 14.8. The Kier molecular flexibility index (Phi) is 8.78.